The quantitative estimate of drug-likeness (QED) is 0.798. The number of halogens is 2. The van der Waals surface area contributed by atoms with Crippen molar-refractivity contribution < 1.29 is 13.6 Å². The molecule has 0 saturated heterocycles. The Hall–Kier alpha value is -2.11. The minimum absolute atomic E-state index is 0.0441. The number of ketones is 1. The summed E-state index contributed by atoms with van der Waals surface area (Å²) in [6.07, 6.45) is 1.23. The second kappa shape index (κ2) is 5.26. The van der Waals surface area contributed by atoms with Crippen molar-refractivity contribution in [2.45, 2.75) is 26.3 Å². The van der Waals surface area contributed by atoms with Crippen LogP contribution in [0.5, 0.6) is 0 Å². The molecule has 0 atom stereocenters. The first kappa shape index (κ1) is 13.3. The molecule has 6 heteroatoms. The maximum Gasteiger partial charge on any atom is 0.173 e. The van der Waals surface area contributed by atoms with E-state index >= 15 is 0 Å². The third-order valence-corrected chi connectivity index (χ3v) is 2.71. The molecule has 0 spiro atoms. The van der Waals surface area contributed by atoms with Crippen LogP contribution in [0.3, 0.4) is 0 Å². The van der Waals surface area contributed by atoms with Gasteiger partial charge in [-0.2, -0.15) is 5.10 Å². The van der Waals surface area contributed by atoms with Crippen molar-refractivity contribution in [2.75, 3.05) is 0 Å². The molecule has 0 amide bonds. The second-order valence-corrected chi connectivity index (χ2v) is 4.42. The Morgan fingerprint density at radius 3 is 2.79 bits per heavy atom. The van der Waals surface area contributed by atoms with Crippen molar-refractivity contribution in [3.05, 3.63) is 47.5 Å². The van der Waals surface area contributed by atoms with E-state index < -0.39 is 17.4 Å². The zero-order valence-electron chi connectivity index (χ0n) is 10.6. The number of hydrogen-bond donors (Lipinski definition) is 0. The van der Waals surface area contributed by atoms with E-state index in [1.54, 1.807) is 4.68 Å². The maximum atomic E-state index is 13.5. The van der Waals surface area contributed by atoms with E-state index in [-0.39, 0.29) is 18.0 Å². The first-order valence-corrected chi connectivity index (χ1v) is 5.86. The number of hydrogen-bond acceptors (Lipinski definition) is 3. The highest BCUT2D eigenvalue weighted by Gasteiger charge is 2.18. The standard InChI is InChI=1S/C13H13F2N3O/c1-8(2)18-12(16-7-17-18)6-11(19)9-4-3-5-10(14)13(9)15/h3-5,7-8H,6H2,1-2H3. The molecule has 0 N–H and O–H groups in total. The Kier molecular flexibility index (Phi) is 3.69. The first-order chi connectivity index (χ1) is 9.00. The monoisotopic (exact) mass is 265 g/mol. The number of Topliss-reactive ketones (excluding diaryl/α,β-unsaturated/α-hetero) is 1. The van der Waals surface area contributed by atoms with E-state index in [1.165, 1.54) is 18.5 Å². The molecule has 0 unspecified atom stereocenters. The normalized spacial score (nSPS) is 11.0. The van der Waals surface area contributed by atoms with E-state index in [2.05, 4.69) is 10.1 Å². The Balaban J connectivity index is 2.26. The number of nitrogens with zero attached hydrogens (tertiary/aromatic N) is 3. The van der Waals surface area contributed by atoms with Crippen LogP contribution >= 0.6 is 0 Å². The van der Waals surface area contributed by atoms with Crippen molar-refractivity contribution in [2.24, 2.45) is 0 Å². The molecule has 1 aromatic heterocycles. The van der Waals surface area contributed by atoms with Gasteiger partial charge in [-0.1, -0.05) is 6.07 Å². The average molecular weight is 265 g/mol. The highest BCUT2D eigenvalue weighted by molar-refractivity contribution is 5.97. The van der Waals surface area contributed by atoms with Crippen LogP contribution in [-0.4, -0.2) is 20.5 Å². The largest absolute Gasteiger partial charge is 0.294 e. The average Bonchev–Trinajstić information content (AvgIpc) is 2.80. The molecule has 2 rings (SSSR count). The lowest BCUT2D eigenvalue weighted by molar-refractivity contribution is 0.0984. The van der Waals surface area contributed by atoms with Gasteiger partial charge in [-0.05, 0) is 26.0 Å². The summed E-state index contributed by atoms with van der Waals surface area (Å²) in [6, 6.07) is 3.58. The predicted octanol–water partition coefficient (Wildman–Crippen LogP) is 2.56. The predicted molar refractivity (Wildman–Crippen MR) is 64.8 cm³/mol. The molecule has 0 radical (unpaired) electrons. The zero-order valence-corrected chi connectivity index (χ0v) is 10.6. The van der Waals surface area contributed by atoms with Gasteiger partial charge in [0.15, 0.2) is 17.4 Å². The van der Waals surface area contributed by atoms with Crippen LogP contribution in [0.25, 0.3) is 0 Å². The van der Waals surface area contributed by atoms with E-state index in [0.29, 0.717) is 5.82 Å². The second-order valence-electron chi connectivity index (χ2n) is 4.42. The highest BCUT2D eigenvalue weighted by atomic mass is 19.2. The van der Waals surface area contributed by atoms with E-state index in [1.807, 2.05) is 13.8 Å². The van der Waals surface area contributed by atoms with Crippen LogP contribution in [0.1, 0.15) is 36.1 Å². The first-order valence-electron chi connectivity index (χ1n) is 5.86. The molecule has 0 bridgehead atoms. The summed E-state index contributed by atoms with van der Waals surface area (Å²) in [7, 11) is 0. The van der Waals surface area contributed by atoms with Crippen molar-refractivity contribution in [3.8, 4) is 0 Å². The number of aromatic nitrogens is 3. The summed E-state index contributed by atoms with van der Waals surface area (Å²) in [6.45, 7) is 3.79. The van der Waals surface area contributed by atoms with Crippen LogP contribution in [0.2, 0.25) is 0 Å². The van der Waals surface area contributed by atoms with Gasteiger partial charge < -0.3 is 0 Å². The van der Waals surface area contributed by atoms with Gasteiger partial charge in [-0.15, -0.1) is 0 Å². The Bertz CT molecular complexity index is 608. The molecule has 4 nitrogen and oxygen atoms in total. The summed E-state index contributed by atoms with van der Waals surface area (Å²) in [4.78, 5) is 15.9. The van der Waals surface area contributed by atoms with Gasteiger partial charge in [-0.3, -0.25) is 4.79 Å². The minimum atomic E-state index is -1.12. The molecule has 2 aromatic rings. The van der Waals surface area contributed by atoms with E-state index in [9.17, 15) is 13.6 Å². The lowest BCUT2D eigenvalue weighted by atomic mass is 10.1. The topological polar surface area (TPSA) is 47.8 Å². The van der Waals surface area contributed by atoms with Crippen LogP contribution in [0.4, 0.5) is 8.78 Å². The summed E-state index contributed by atoms with van der Waals surface area (Å²) >= 11 is 0. The fraction of sp³-hybridized carbons (Fsp3) is 0.308. The molecule has 0 aliphatic heterocycles. The van der Waals surface area contributed by atoms with Crippen LogP contribution < -0.4 is 0 Å². The smallest absolute Gasteiger partial charge is 0.173 e. The fourth-order valence-electron chi connectivity index (χ4n) is 1.79. The molecule has 0 aliphatic rings. The molecule has 100 valence electrons. The Morgan fingerprint density at radius 2 is 2.11 bits per heavy atom. The van der Waals surface area contributed by atoms with E-state index in [4.69, 9.17) is 0 Å². The number of carbonyl (C=O) groups excluding carboxylic acids is 1. The molecule has 19 heavy (non-hydrogen) atoms. The van der Waals surface area contributed by atoms with Crippen molar-refractivity contribution in [3.63, 3.8) is 0 Å². The van der Waals surface area contributed by atoms with Crippen LogP contribution in [-0.2, 0) is 6.42 Å². The zero-order chi connectivity index (χ0) is 14.0. The SMILES string of the molecule is CC(C)n1ncnc1CC(=O)c1cccc(F)c1F. The Labute approximate surface area is 109 Å². The lowest BCUT2D eigenvalue weighted by Crippen LogP contribution is -2.14. The lowest BCUT2D eigenvalue weighted by Gasteiger charge is -2.09. The van der Waals surface area contributed by atoms with Gasteiger partial charge in [-0.25, -0.2) is 18.4 Å². The highest BCUT2D eigenvalue weighted by Crippen LogP contribution is 2.15. The molecule has 0 saturated carbocycles. The van der Waals surface area contributed by atoms with Gasteiger partial charge in [0.1, 0.15) is 12.2 Å². The van der Waals surface area contributed by atoms with Crippen LogP contribution in [0.15, 0.2) is 24.5 Å². The summed E-state index contributed by atoms with van der Waals surface area (Å²) in [5.41, 5.74) is -0.265. The third-order valence-electron chi connectivity index (χ3n) is 2.71. The van der Waals surface area contributed by atoms with Gasteiger partial charge in [0.05, 0.1) is 12.0 Å². The summed E-state index contributed by atoms with van der Waals surface area (Å²) in [5, 5.41) is 3.99. The molecule has 1 heterocycles. The Morgan fingerprint density at radius 1 is 1.37 bits per heavy atom. The number of carbonyl (C=O) groups is 1. The molecular weight excluding hydrogens is 252 g/mol. The third kappa shape index (κ3) is 2.67. The molecule has 1 aromatic carbocycles. The number of benzene rings is 1. The van der Waals surface area contributed by atoms with Crippen LogP contribution in [0, 0.1) is 11.6 Å². The minimum Gasteiger partial charge on any atom is -0.294 e. The van der Waals surface area contributed by atoms with E-state index in [0.717, 1.165) is 6.07 Å². The summed E-state index contributed by atoms with van der Waals surface area (Å²) < 4.78 is 28.1. The summed E-state index contributed by atoms with van der Waals surface area (Å²) in [5.74, 6) is -2.24. The van der Waals surface area contributed by atoms with Gasteiger partial charge >= 0.3 is 0 Å². The number of rotatable bonds is 4. The van der Waals surface area contributed by atoms with Gasteiger partial charge in [0, 0.05) is 6.04 Å². The van der Waals surface area contributed by atoms with Crippen molar-refractivity contribution in [1.82, 2.24) is 14.8 Å². The fourth-order valence-corrected chi connectivity index (χ4v) is 1.79. The van der Waals surface area contributed by atoms with Crippen molar-refractivity contribution >= 4 is 5.78 Å². The molecule has 0 fully saturated rings. The molecule has 0 aliphatic carbocycles. The van der Waals surface area contributed by atoms with Gasteiger partial charge in [0.2, 0.25) is 0 Å². The van der Waals surface area contributed by atoms with Crippen molar-refractivity contribution in [1.29, 1.82) is 0 Å². The maximum absolute atomic E-state index is 13.5. The van der Waals surface area contributed by atoms with Gasteiger partial charge in [0.25, 0.3) is 0 Å². The molecular formula is C13H13F2N3O.